The van der Waals surface area contributed by atoms with Crippen LogP contribution in [0.15, 0.2) is 95.3 Å². The fourth-order valence-corrected chi connectivity index (χ4v) is 46.0. The van der Waals surface area contributed by atoms with Gasteiger partial charge in [-0.25, -0.2) is 0 Å². The fraction of sp³-hybridized carbons (Fsp3) is 0.440. The van der Waals surface area contributed by atoms with Gasteiger partial charge in [0.15, 0.2) is 0 Å². The fourth-order valence-electron chi connectivity index (χ4n) is 10.8. The van der Waals surface area contributed by atoms with Crippen molar-refractivity contribution in [3.8, 4) is 22.3 Å². The van der Waals surface area contributed by atoms with E-state index in [4.69, 9.17) is 0 Å². The third kappa shape index (κ3) is 7.29. The summed E-state index contributed by atoms with van der Waals surface area (Å²) in [5.74, 6) is 0. The number of hydrogen-bond donors (Lipinski definition) is 0. The predicted octanol–water partition coefficient (Wildman–Crippen LogP) is 14.6. The summed E-state index contributed by atoms with van der Waals surface area (Å²) in [6.45, 7) is 19.6. The van der Waals surface area contributed by atoms with Crippen molar-refractivity contribution >= 4 is 46.7 Å². The van der Waals surface area contributed by atoms with Crippen LogP contribution < -0.4 is 10.4 Å². The zero-order chi connectivity index (χ0) is 38.5. The van der Waals surface area contributed by atoms with Gasteiger partial charge in [-0.3, -0.25) is 0 Å². The molecule has 284 valence electrons. The van der Waals surface area contributed by atoms with Crippen molar-refractivity contribution in [2.75, 3.05) is 0 Å². The minimum absolute atomic E-state index is 0.686. The molecule has 0 N–H and O–H groups in total. The topological polar surface area (TPSA) is 0 Å². The Morgan fingerprint density at radius 1 is 0.500 bits per heavy atom. The van der Waals surface area contributed by atoms with Crippen LogP contribution in [-0.2, 0) is 20.0 Å². The van der Waals surface area contributed by atoms with Gasteiger partial charge >= 0.3 is 340 Å². The van der Waals surface area contributed by atoms with Crippen molar-refractivity contribution in [1.29, 1.82) is 0 Å². The van der Waals surface area contributed by atoms with Crippen molar-refractivity contribution in [2.45, 2.75) is 133 Å². The van der Waals surface area contributed by atoms with Gasteiger partial charge in [0.05, 0.1) is 0 Å². The Balaban J connectivity index is 1.42. The molecule has 4 aromatic carbocycles. The summed E-state index contributed by atoms with van der Waals surface area (Å²) in [4.78, 5) is 0. The van der Waals surface area contributed by atoms with Gasteiger partial charge in [0.2, 0.25) is 0 Å². The van der Waals surface area contributed by atoms with E-state index in [9.17, 15) is 0 Å². The maximum atomic E-state index is 2.87. The normalized spacial score (nSPS) is 19.4. The molecule has 3 aliphatic rings. The van der Waals surface area contributed by atoms with Crippen LogP contribution in [0.25, 0.3) is 34.4 Å². The molecule has 0 spiro atoms. The molecule has 0 saturated carbocycles. The molecule has 0 nitrogen and oxygen atoms in total. The average Bonchev–Trinajstić information content (AvgIpc) is 3.75. The second-order valence-corrected chi connectivity index (χ2v) is 51.6. The summed E-state index contributed by atoms with van der Waals surface area (Å²) in [5.41, 5.74) is 12.3. The molecule has 0 bridgehead atoms. The number of rotatable bonds is 14. The second kappa shape index (κ2) is 15.7. The van der Waals surface area contributed by atoms with Gasteiger partial charge in [-0.1, -0.05) is 0 Å². The van der Waals surface area contributed by atoms with Crippen molar-refractivity contribution in [3.05, 3.63) is 118 Å². The molecule has 0 radical (unpaired) electrons. The molecule has 0 amide bonds. The molecule has 4 aromatic rings. The second-order valence-electron chi connectivity index (χ2n) is 19.9. The van der Waals surface area contributed by atoms with Crippen molar-refractivity contribution in [1.82, 2.24) is 0 Å². The Labute approximate surface area is 337 Å². The van der Waals surface area contributed by atoms with Crippen molar-refractivity contribution in [2.24, 2.45) is 0 Å². The van der Waals surface area contributed by atoms with E-state index >= 15 is 0 Å². The van der Waals surface area contributed by atoms with Crippen LogP contribution in [0, 0.1) is 0 Å². The first kappa shape index (κ1) is 40.1. The van der Waals surface area contributed by atoms with Crippen molar-refractivity contribution in [3.63, 3.8) is 0 Å². The van der Waals surface area contributed by atoms with Crippen LogP contribution >= 0.6 is 0 Å². The number of fused-ring (bicyclic) bond motifs is 6. The summed E-state index contributed by atoms with van der Waals surface area (Å²) in [6.07, 6.45) is 16.6. The summed E-state index contributed by atoms with van der Waals surface area (Å²) >= 11 is -3.17. The van der Waals surface area contributed by atoms with Crippen LogP contribution in [0.3, 0.4) is 0 Å². The Hall–Kier alpha value is -2.12. The van der Waals surface area contributed by atoms with E-state index in [1.54, 1.807) is 32.6 Å². The average molecular weight is 932 g/mol. The first-order chi connectivity index (χ1) is 25.7. The van der Waals surface area contributed by atoms with Gasteiger partial charge in [-0.05, 0) is 0 Å². The molecule has 1 heterocycles. The van der Waals surface area contributed by atoms with Crippen LogP contribution in [0.4, 0.5) is 0 Å². The molecule has 2 unspecified atom stereocenters. The Morgan fingerprint density at radius 3 is 1.24 bits per heavy atom. The molecule has 2 atom stereocenters. The van der Waals surface area contributed by atoms with Gasteiger partial charge in [-0.2, -0.15) is 0 Å². The maximum absolute atomic E-state index is 3.17. The third-order valence-corrected chi connectivity index (χ3v) is 40.6. The SMILES string of the molecule is CCCCCC[Si]1(CCCCCC)C2=Cc3c(-c4ccc([Si](C)(C)C)cc4)cccc3[CH]2[Hf]([CH3])([CH3])[CH]2C1=Cc1c(-c3ccc([Si](C)(C)C)cc3)cccc12. The number of hydrogen-bond acceptors (Lipinski definition) is 0. The Morgan fingerprint density at radius 2 is 0.889 bits per heavy atom. The molecule has 4 heteroatoms. The Bertz CT molecular complexity index is 1890. The monoisotopic (exact) mass is 932 g/mol. The summed E-state index contributed by atoms with van der Waals surface area (Å²) in [5, 5.41) is 7.05. The van der Waals surface area contributed by atoms with E-state index < -0.39 is 44.2 Å². The molecule has 54 heavy (non-hydrogen) atoms. The van der Waals surface area contributed by atoms with Gasteiger partial charge in [0.25, 0.3) is 0 Å². The summed E-state index contributed by atoms with van der Waals surface area (Å²) in [7, 11) is -4.77. The zero-order valence-corrected chi connectivity index (χ0v) is 42.1. The van der Waals surface area contributed by atoms with Gasteiger partial charge in [0.1, 0.15) is 0 Å². The van der Waals surface area contributed by atoms with Gasteiger partial charge in [0, 0.05) is 0 Å². The van der Waals surface area contributed by atoms with Crippen LogP contribution in [0.2, 0.25) is 60.7 Å². The van der Waals surface area contributed by atoms with E-state index in [1.807, 2.05) is 10.4 Å². The molecular formula is C50H68HfSi3. The molecule has 2 aliphatic carbocycles. The third-order valence-electron chi connectivity index (χ3n) is 13.8. The zero-order valence-electron chi connectivity index (χ0n) is 35.5. The molecule has 0 aromatic heterocycles. The van der Waals surface area contributed by atoms with Crippen molar-refractivity contribution < 1.29 is 20.0 Å². The van der Waals surface area contributed by atoms with Crippen LogP contribution in [0.1, 0.15) is 94.8 Å². The van der Waals surface area contributed by atoms with E-state index in [2.05, 4.69) is 160 Å². The van der Waals surface area contributed by atoms with E-state index in [1.165, 1.54) is 85.7 Å². The minimum atomic E-state index is -3.17. The first-order valence-electron chi connectivity index (χ1n) is 21.6. The van der Waals surface area contributed by atoms with E-state index in [-0.39, 0.29) is 0 Å². The number of benzene rings is 4. The quantitative estimate of drug-likeness (QED) is 0.0873. The molecule has 1 aliphatic heterocycles. The molecule has 1 fully saturated rings. The first-order valence-corrected chi connectivity index (χ1v) is 42.4. The predicted molar refractivity (Wildman–Crippen MR) is 247 cm³/mol. The van der Waals surface area contributed by atoms with E-state index in [0.29, 0.717) is 7.35 Å². The number of unbranched alkanes of at least 4 members (excludes halogenated alkanes) is 6. The van der Waals surface area contributed by atoms with E-state index in [0.717, 1.165) is 0 Å². The Kier molecular flexibility index (Phi) is 11.6. The van der Waals surface area contributed by atoms with Gasteiger partial charge in [-0.15, -0.1) is 0 Å². The standard InChI is InChI=1S/C48H62Si3.2CH3.Hf/c1-9-11-13-15-31-51(32-16-14-12-10-2,43-33-39-19-17-21-45(47(39)35-43)37-23-27-41(28-24-37)49(3,4)5)44-34-40-20-18-22-46(48(40)36-44)38-25-29-42(30-26-38)50(6,7)8;;;/h17-30,33-36H,9-16,31-32H2,1-8H3;2*1H3;. The summed E-state index contributed by atoms with van der Waals surface area (Å²) < 4.78 is 7.10. The molecular weight excluding hydrogens is 863 g/mol. The van der Waals surface area contributed by atoms with Crippen LogP contribution in [0.5, 0.6) is 0 Å². The van der Waals surface area contributed by atoms with Gasteiger partial charge < -0.3 is 0 Å². The molecule has 7 rings (SSSR count). The molecule has 1 saturated heterocycles. The summed E-state index contributed by atoms with van der Waals surface area (Å²) in [6, 6.07) is 37.4. The number of allylic oxidation sites excluding steroid dienone is 2. The van der Waals surface area contributed by atoms with Crippen LogP contribution in [-0.4, -0.2) is 24.2 Å².